The molecule has 2 saturated carbocycles. The predicted octanol–water partition coefficient (Wildman–Crippen LogP) is 7.54. The molecular weight excluding hydrogens is 264 g/mol. The van der Waals surface area contributed by atoms with Crippen molar-refractivity contribution >= 4 is 0 Å². The van der Waals surface area contributed by atoms with Crippen molar-refractivity contribution in [2.75, 3.05) is 0 Å². The van der Waals surface area contributed by atoms with Crippen LogP contribution in [0, 0.1) is 23.7 Å². The largest absolute Gasteiger partial charge is 0.0819 e. The Bertz CT molecular complexity index is 315. The van der Waals surface area contributed by atoms with Crippen molar-refractivity contribution in [3.63, 3.8) is 0 Å². The van der Waals surface area contributed by atoms with Crippen molar-refractivity contribution in [3.8, 4) is 0 Å². The summed E-state index contributed by atoms with van der Waals surface area (Å²) in [5.74, 6) is 3.70. The molecule has 0 bridgehead atoms. The Labute approximate surface area is 140 Å². The second-order valence-electron chi connectivity index (χ2n) is 8.40. The summed E-state index contributed by atoms with van der Waals surface area (Å²) < 4.78 is 0. The summed E-state index contributed by atoms with van der Waals surface area (Å²) >= 11 is 0. The molecule has 0 spiro atoms. The van der Waals surface area contributed by atoms with Gasteiger partial charge in [-0.05, 0) is 56.3 Å². The third-order valence-electron chi connectivity index (χ3n) is 6.54. The molecule has 2 aliphatic carbocycles. The average Bonchev–Trinajstić information content (AvgIpc) is 2.56. The number of hydrogen-bond acceptors (Lipinski definition) is 0. The first-order chi connectivity index (χ1) is 10.7. The maximum atomic E-state index is 2.72. The lowest BCUT2D eigenvalue weighted by molar-refractivity contribution is 0.270. The molecule has 22 heavy (non-hydrogen) atoms. The fraction of sp³-hybridized carbons (Fsp3) is 0.909. The van der Waals surface area contributed by atoms with Crippen molar-refractivity contribution in [2.45, 2.75) is 104 Å². The molecule has 0 amide bonds. The Hall–Kier alpha value is -0.260. The minimum atomic E-state index is 0.811. The Morgan fingerprint density at radius 1 is 0.955 bits per heavy atom. The summed E-state index contributed by atoms with van der Waals surface area (Å²) in [6.45, 7) is 7.29. The summed E-state index contributed by atoms with van der Waals surface area (Å²) in [6, 6.07) is 0. The van der Waals surface area contributed by atoms with E-state index in [1.54, 1.807) is 5.57 Å². The lowest BCUT2D eigenvalue weighted by Gasteiger charge is -2.30. The SMILES string of the molecule is CCCC(/C=C(/C)C(C)CC1CCCCC1)C1CCCCC1. The molecule has 0 N–H and O–H groups in total. The molecule has 2 atom stereocenters. The standard InChI is InChI=1S/C22H40/c1-4-11-22(21-14-9-6-10-15-21)17-19(3)18(2)16-20-12-7-5-8-13-20/h17-18,20-22H,4-16H2,1-3H3/b19-17-. The van der Waals surface area contributed by atoms with Crippen LogP contribution in [0.15, 0.2) is 11.6 Å². The van der Waals surface area contributed by atoms with Gasteiger partial charge in [0.1, 0.15) is 0 Å². The van der Waals surface area contributed by atoms with Crippen LogP contribution in [0.4, 0.5) is 0 Å². The van der Waals surface area contributed by atoms with Crippen molar-refractivity contribution in [2.24, 2.45) is 23.7 Å². The van der Waals surface area contributed by atoms with Crippen LogP contribution in [0.3, 0.4) is 0 Å². The zero-order valence-electron chi connectivity index (χ0n) is 15.6. The van der Waals surface area contributed by atoms with Gasteiger partial charge < -0.3 is 0 Å². The van der Waals surface area contributed by atoms with E-state index in [9.17, 15) is 0 Å². The van der Waals surface area contributed by atoms with E-state index >= 15 is 0 Å². The number of rotatable bonds is 7. The summed E-state index contributed by atoms with van der Waals surface area (Å²) in [7, 11) is 0. The lowest BCUT2D eigenvalue weighted by atomic mass is 9.76. The number of hydrogen-bond donors (Lipinski definition) is 0. The van der Waals surface area contributed by atoms with Crippen LogP contribution in [0.5, 0.6) is 0 Å². The Morgan fingerprint density at radius 3 is 2.14 bits per heavy atom. The van der Waals surface area contributed by atoms with E-state index in [1.807, 2.05) is 0 Å². The summed E-state index contributed by atoms with van der Waals surface area (Å²) in [6.07, 6.45) is 21.8. The Kier molecular flexibility index (Phi) is 8.04. The van der Waals surface area contributed by atoms with E-state index in [2.05, 4.69) is 26.8 Å². The average molecular weight is 305 g/mol. The van der Waals surface area contributed by atoms with E-state index < -0.39 is 0 Å². The minimum absolute atomic E-state index is 0.811. The molecule has 128 valence electrons. The maximum absolute atomic E-state index is 2.72. The normalized spacial score (nSPS) is 25.1. The van der Waals surface area contributed by atoms with E-state index in [0.717, 1.165) is 23.7 Å². The van der Waals surface area contributed by atoms with Crippen molar-refractivity contribution in [3.05, 3.63) is 11.6 Å². The van der Waals surface area contributed by atoms with E-state index in [0.29, 0.717) is 0 Å². The van der Waals surface area contributed by atoms with Crippen LogP contribution in [0.25, 0.3) is 0 Å². The molecule has 0 heteroatoms. The van der Waals surface area contributed by atoms with Gasteiger partial charge in [0.05, 0.1) is 0 Å². The quantitative estimate of drug-likeness (QED) is 0.426. The zero-order chi connectivity index (χ0) is 15.8. The molecule has 2 rings (SSSR count). The first-order valence-corrected chi connectivity index (χ1v) is 10.4. The van der Waals surface area contributed by atoms with Gasteiger partial charge in [-0.2, -0.15) is 0 Å². The highest BCUT2D eigenvalue weighted by molar-refractivity contribution is 5.06. The van der Waals surface area contributed by atoms with Crippen LogP contribution in [0.2, 0.25) is 0 Å². The maximum Gasteiger partial charge on any atom is -0.0203 e. The van der Waals surface area contributed by atoms with E-state index in [-0.39, 0.29) is 0 Å². The summed E-state index contributed by atoms with van der Waals surface area (Å²) in [5, 5.41) is 0. The van der Waals surface area contributed by atoms with Gasteiger partial charge >= 0.3 is 0 Å². The third-order valence-corrected chi connectivity index (χ3v) is 6.54. The minimum Gasteiger partial charge on any atom is -0.0819 e. The van der Waals surface area contributed by atoms with E-state index in [4.69, 9.17) is 0 Å². The van der Waals surface area contributed by atoms with E-state index in [1.165, 1.54) is 83.5 Å². The third kappa shape index (κ3) is 5.74. The topological polar surface area (TPSA) is 0 Å². The van der Waals surface area contributed by atoms with Crippen LogP contribution in [-0.2, 0) is 0 Å². The van der Waals surface area contributed by atoms with Crippen LogP contribution in [-0.4, -0.2) is 0 Å². The number of allylic oxidation sites excluding steroid dienone is 2. The van der Waals surface area contributed by atoms with Gasteiger partial charge in [-0.3, -0.25) is 0 Å². The molecule has 0 aliphatic heterocycles. The molecular formula is C22H40. The lowest BCUT2D eigenvalue weighted by Crippen LogP contribution is -2.18. The highest BCUT2D eigenvalue weighted by atomic mass is 14.3. The van der Waals surface area contributed by atoms with Gasteiger partial charge in [0.25, 0.3) is 0 Å². The second-order valence-corrected chi connectivity index (χ2v) is 8.40. The Morgan fingerprint density at radius 2 is 1.55 bits per heavy atom. The van der Waals surface area contributed by atoms with Crippen molar-refractivity contribution < 1.29 is 0 Å². The molecule has 0 aromatic heterocycles. The molecule has 0 radical (unpaired) electrons. The summed E-state index contributed by atoms with van der Waals surface area (Å²) in [5.41, 5.74) is 1.70. The molecule has 0 saturated heterocycles. The first kappa shape index (κ1) is 18.1. The predicted molar refractivity (Wildman–Crippen MR) is 99.1 cm³/mol. The molecule has 2 fully saturated rings. The highest BCUT2D eigenvalue weighted by Gasteiger charge is 2.23. The van der Waals surface area contributed by atoms with Gasteiger partial charge in [-0.25, -0.2) is 0 Å². The van der Waals surface area contributed by atoms with Gasteiger partial charge in [-0.15, -0.1) is 0 Å². The molecule has 0 aromatic carbocycles. The molecule has 2 aliphatic rings. The van der Waals surface area contributed by atoms with Gasteiger partial charge in [0.15, 0.2) is 0 Å². The smallest absolute Gasteiger partial charge is 0.0203 e. The fourth-order valence-corrected chi connectivity index (χ4v) is 4.96. The van der Waals surface area contributed by atoms with Crippen LogP contribution < -0.4 is 0 Å². The summed E-state index contributed by atoms with van der Waals surface area (Å²) in [4.78, 5) is 0. The van der Waals surface area contributed by atoms with Crippen molar-refractivity contribution in [1.29, 1.82) is 0 Å². The molecule has 0 heterocycles. The molecule has 2 unspecified atom stereocenters. The first-order valence-electron chi connectivity index (χ1n) is 10.4. The second kappa shape index (κ2) is 9.78. The van der Waals surface area contributed by atoms with Gasteiger partial charge in [0, 0.05) is 0 Å². The zero-order valence-corrected chi connectivity index (χ0v) is 15.6. The van der Waals surface area contributed by atoms with Gasteiger partial charge in [0.2, 0.25) is 0 Å². The fourth-order valence-electron chi connectivity index (χ4n) is 4.96. The Balaban J connectivity index is 1.90. The molecule has 0 nitrogen and oxygen atoms in total. The monoisotopic (exact) mass is 304 g/mol. The molecule has 0 aromatic rings. The van der Waals surface area contributed by atoms with Crippen LogP contribution in [0.1, 0.15) is 104 Å². The van der Waals surface area contributed by atoms with Gasteiger partial charge in [-0.1, -0.05) is 83.3 Å². The van der Waals surface area contributed by atoms with Crippen molar-refractivity contribution in [1.82, 2.24) is 0 Å². The highest BCUT2D eigenvalue weighted by Crippen LogP contribution is 2.36. The van der Waals surface area contributed by atoms with Crippen LogP contribution >= 0.6 is 0 Å².